The van der Waals surface area contributed by atoms with Crippen LogP contribution in [0.3, 0.4) is 0 Å². The Bertz CT molecular complexity index is 1730. The summed E-state index contributed by atoms with van der Waals surface area (Å²) in [5, 5.41) is 71.1. The molecule has 1 saturated carbocycles. The quantitative estimate of drug-likeness (QED) is 0.0955. The molecule has 2 aromatic carbocycles. The fourth-order valence-corrected chi connectivity index (χ4v) is 6.60. The van der Waals surface area contributed by atoms with E-state index in [2.05, 4.69) is 13.2 Å². The van der Waals surface area contributed by atoms with E-state index >= 15 is 0 Å². The number of Topliss-reactive ketones (excluding diaryl/α,β-unsaturated/α-hetero) is 2. The maximum Gasteiger partial charge on any atom is 0.255 e. The number of aromatic hydroxyl groups is 2. The Balaban J connectivity index is 1.72. The molecule has 2 aromatic rings. The maximum absolute atomic E-state index is 14.1. The number of nitrogens with zero attached hydrogens (tertiary/aromatic N) is 2. The van der Waals surface area contributed by atoms with Crippen molar-refractivity contribution in [2.24, 2.45) is 17.6 Å². The van der Waals surface area contributed by atoms with Crippen molar-refractivity contribution in [2.45, 2.75) is 24.5 Å². The molecule has 13 heteroatoms. The molecule has 0 spiro atoms. The molecule has 0 heterocycles. The first-order valence-corrected chi connectivity index (χ1v) is 13.4. The summed E-state index contributed by atoms with van der Waals surface area (Å²) < 4.78 is 0. The molecule has 4 atom stereocenters. The number of rotatable bonds is 8. The van der Waals surface area contributed by atoms with E-state index in [-0.39, 0.29) is 24.0 Å². The van der Waals surface area contributed by atoms with Crippen molar-refractivity contribution in [1.29, 1.82) is 10.8 Å². The normalized spacial score (nSPS) is 24.1. The molecule has 13 nitrogen and oxygen atoms in total. The zero-order valence-electron chi connectivity index (χ0n) is 23.2. The maximum atomic E-state index is 14.1. The number of nitrogens with one attached hydrogen (secondary N) is 2. The van der Waals surface area contributed by atoms with Crippen LogP contribution in [0.5, 0.6) is 11.5 Å². The summed E-state index contributed by atoms with van der Waals surface area (Å²) in [6, 6.07) is 6.55. The molecule has 1 fully saturated rings. The van der Waals surface area contributed by atoms with Crippen LogP contribution in [0, 0.1) is 22.7 Å². The highest BCUT2D eigenvalue weighted by Crippen LogP contribution is 2.55. The fraction of sp³-hybridized carbons (Fsp3) is 0.194. The first-order valence-electron chi connectivity index (χ1n) is 13.4. The van der Waals surface area contributed by atoms with Crippen LogP contribution >= 0.6 is 0 Å². The second-order valence-electron chi connectivity index (χ2n) is 10.7. The number of benzene rings is 2. The van der Waals surface area contributed by atoms with Gasteiger partial charge in [0, 0.05) is 23.4 Å². The molecule has 0 radical (unpaired) electrons. The third-order valence-corrected chi connectivity index (χ3v) is 8.64. The van der Waals surface area contributed by atoms with Crippen molar-refractivity contribution in [3.63, 3.8) is 0 Å². The van der Waals surface area contributed by atoms with Crippen LogP contribution in [-0.4, -0.2) is 72.2 Å². The van der Waals surface area contributed by atoms with E-state index in [0.717, 1.165) is 23.8 Å². The lowest BCUT2D eigenvalue weighted by Gasteiger charge is -2.50. The minimum Gasteiger partial charge on any atom is -0.508 e. The van der Waals surface area contributed by atoms with E-state index in [9.17, 15) is 39.9 Å². The second-order valence-corrected chi connectivity index (χ2v) is 10.7. The van der Waals surface area contributed by atoms with Crippen molar-refractivity contribution in [3.05, 3.63) is 83.9 Å². The minimum atomic E-state index is -2.90. The molecule has 0 saturated heterocycles. The van der Waals surface area contributed by atoms with Crippen molar-refractivity contribution in [2.75, 3.05) is 4.90 Å². The van der Waals surface area contributed by atoms with Crippen LogP contribution < -0.4 is 10.6 Å². The van der Waals surface area contributed by atoms with Crippen LogP contribution in [0.4, 0.5) is 5.69 Å². The first kappa shape index (κ1) is 29.8. The molecule has 226 valence electrons. The van der Waals surface area contributed by atoms with Gasteiger partial charge in [-0.15, -0.1) is 0 Å². The number of phenols is 2. The Hall–Kier alpha value is -5.69. The van der Waals surface area contributed by atoms with Gasteiger partial charge < -0.3 is 41.1 Å². The Kier molecular flexibility index (Phi) is 7.14. The molecule has 1 amide bonds. The van der Waals surface area contributed by atoms with Gasteiger partial charge in [0.05, 0.1) is 18.2 Å². The summed E-state index contributed by atoms with van der Waals surface area (Å²) >= 11 is 0. The average Bonchev–Trinajstić information content (AvgIpc) is 2.99. The minimum absolute atomic E-state index is 0.00993. The van der Waals surface area contributed by atoms with E-state index in [1.54, 1.807) is 24.3 Å². The number of ketones is 2. The molecule has 3 aliphatic carbocycles. The highest BCUT2D eigenvalue weighted by Gasteiger charge is 2.64. The summed E-state index contributed by atoms with van der Waals surface area (Å²) in [5.41, 5.74) is 2.73. The van der Waals surface area contributed by atoms with Gasteiger partial charge in [-0.1, -0.05) is 25.3 Å². The third-order valence-electron chi connectivity index (χ3n) is 8.64. The topological polar surface area (TPSA) is 233 Å². The van der Waals surface area contributed by atoms with Gasteiger partial charge in [0.1, 0.15) is 23.1 Å². The van der Waals surface area contributed by atoms with Crippen LogP contribution in [0.25, 0.3) is 16.9 Å². The smallest absolute Gasteiger partial charge is 0.255 e. The predicted octanol–water partition coefficient (Wildman–Crippen LogP) is 2.38. The second kappa shape index (κ2) is 10.5. The lowest BCUT2D eigenvalue weighted by Crippen LogP contribution is -2.65. The molecule has 0 aliphatic heterocycles. The Morgan fingerprint density at radius 1 is 1.05 bits per heavy atom. The van der Waals surface area contributed by atoms with Crippen molar-refractivity contribution < 1.29 is 39.9 Å². The van der Waals surface area contributed by atoms with Crippen LogP contribution in [-0.2, 0) is 20.8 Å². The number of amides is 1. The highest BCUT2D eigenvalue weighted by atomic mass is 16.3. The van der Waals surface area contributed by atoms with E-state index in [0.29, 0.717) is 22.4 Å². The number of carbonyl (C=O) groups is 3. The summed E-state index contributed by atoms with van der Waals surface area (Å²) in [4.78, 5) is 42.2. The molecular formula is C31H29N5O8. The number of carbonyl (C=O) groups excluding carboxylic acids is 3. The number of aliphatic hydroxyl groups is 3. The summed E-state index contributed by atoms with van der Waals surface area (Å²) in [6.07, 6.45) is 4.11. The third kappa shape index (κ3) is 4.01. The molecule has 5 rings (SSSR count). The number of hydrogen-bond acceptors (Lipinski definition) is 10. The molecular weight excluding hydrogens is 570 g/mol. The predicted molar refractivity (Wildman–Crippen MR) is 160 cm³/mol. The number of phenolic OH excluding ortho intramolecular Hbond substituents is 2. The van der Waals surface area contributed by atoms with Gasteiger partial charge in [0.2, 0.25) is 5.78 Å². The Morgan fingerprint density at radius 3 is 2.25 bits per heavy atom. The van der Waals surface area contributed by atoms with Gasteiger partial charge >= 0.3 is 0 Å². The average molecular weight is 600 g/mol. The molecule has 0 unspecified atom stereocenters. The van der Waals surface area contributed by atoms with Gasteiger partial charge in [0.25, 0.3) is 5.91 Å². The molecule has 0 bridgehead atoms. The molecule has 0 aromatic heterocycles. The standard InChI is InChI=1S/C31H29N5O8/c1-3-35(12-32)16-7-5-14(6-8-16)17-11-20(37)25(38)22-18(17)9-15-10-19-24(36(4-2)13-33)27(40)23(30(34)43)29(42)31(19,44)28(41)21(15)26(22)39/h3-8,11-13,15,19,24,32-33,37-39,42,44H,1-2,9-10H2,(H2,34,43)/t15-,19-,24-,31-/m0/s1. The molecule has 9 N–H and O–H groups in total. The fourth-order valence-electron chi connectivity index (χ4n) is 6.60. The summed E-state index contributed by atoms with van der Waals surface area (Å²) in [5.74, 6) is -9.27. The van der Waals surface area contributed by atoms with Crippen LogP contribution in [0.2, 0.25) is 0 Å². The Morgan fingerprint density at radius 2 is 1.70 bits per heavy atom. The Labute approximate surface area is 250 Å². The largest absolute Gasteiger partial charge is 0.508 e. The van der Waals surface area contributed by atoms with Gasteiger partial charge in [-0.2, -0.15) is 0 Å². The van der Waals surface area contributed by atoms with Crippen molar-refractivity contribution >= 4 is 41.6 Å². The number of hydrogen-bond donors (Lipinski definition) is 8. The van der Waals surface area contributed by atoms with E-state index < -0.39 is 69.5 Å². The van der Waals surface area contributed by atoms with Crippen molar-refractivity contribution in [1.82, 2.24) is 4.90 Å². The van der Waals surface area contributed by atoms with Crippen molar-refractivity contribution in [3.8, 4) is 22.6 Å². The molecule has 3 aliphatic rings. The van der Waals surface area contributed by atoms with Gasteiger partial charge in [0.15, 0.2) is 22.9 Å². The SMILES string of the molecule is C=CN(C=N)c1ccc(-c2cc(O)c(O)c3c2C[C@H]2C[C@H]4[C@H](N(C=C)C=N)C(=O)C(C(N)=O)=C(O)[C@@]4(O)C(=O)C2=C3O)cc1. The van der Waals surface area contributed by atoms with E-state index in [1.807, 2.05) is 0 Å². The summed E-state index contributed by atoms with van der Waals surface area (Å²) in [6.45, 7) is 7.22. The number of anilines is 1. The molecule has 44 heavy (non-hydrogen) atoms. The zero-order chi connectivity index (χ0) is 32.2. The number of fused-ring (bicyclic) bond motifs is 3. The van der Waals surface area contributed by atoms with Crippen LogP contribution in [0.15, 0.2) is 72.8 Å². The number of aliphatic hydroxyl groups excluding tert-OH is 2. The van der Waals surface area contributed by atoms with Crippen LogP contribution in [0.1, 0.15) is 17.5 Å². The van der Waals surface area contributed by atoms with Gasteiger partial charge in [-0.05, 0) is 59.8 Å². The number of nitrogens with two attached hydrogens (primary N) is 1. The number of primary amides is 1. The lowest BCUT2D eigenvalue weighted by molar-refractivity contribution is -0.152. The zero-order valence-corrected chi connectivity index (χ0v) is 23.2. The lowest BCUT2D eigenvalue weighted by atomic mass is 9.57. The van der Waals surface area contributed by atoms with E-state index in [4.69, 9.17) is 16.6 Å². The van der Waals surface area contributed by atoms with Gasteiger partial charge in [-0.3, -0.25) is 25.2 Å². The van der Waals surface area contributed by atoms with Gasteiger partial charge in [-0.25, -0.2) is 0 Å². The summed E-state index contributed by atoms with van der Waals surface area (Å²) in [7, 11) is 0. The first-order chi connectivity index (χ1) is 20.9. The highest BCUT2D eigenvalue weighted by molar-refractivity contribution is 6.25. The van der Waals surface area contributed by atoms with E-state index in [1.165, 1.54) is 17.2 Å². The monoisotopic (exact) mass is 599 g/mol.